The molecule has 3 rings (SSSR count). The van der Waals surface area contributed by atoms with Crippen molar-refractivity contribution in [3.63, 3.8) is 0 Å². The Morgan fingerprint density at radius 1 is 1.10 bits per heavy atom. The van der Waals surface area contributed by atoms with Gasteiger partial charge in [-0.05, 0) is 50.1 Å². The lowest BCUT2D eigenvalue weighted by Gasteiger charge is -2.20. The zero-order valence-electron chi connectivity index (χ0n) is 17.2. The van der Waals surface area contributed by atoms with Gasteiger partial charge in [-0.3, -0.25) is 10.4 Å². The van der Waals surface area contributed by atoms with E-state index in [1.807, 2.05) is 30.3 Å². The predicted octanol–water partition coefficient (Wildman–Crippen LogP) is 3.32. The number of hydrogen-bond acceptors (Lipinski definition) is 7. The Balaban J connectivity index is 1.99. The van der Waals surface area contributed by atoms with E-state index in [4.69, 9.17) is 0 Å². The van der Waals surface area contributed by atoms with Crippen LogP contribution in [0.1, 0.15) is 37.1 Å². The van der Waals surface area contributed by atoms with E-state index in [0.717, 1.165) is 5.56 Å². The summed E-state index contributed by atoms with van der Waals surface area (Å²) in [5, 5.41) is 6.54. The summed E-state index contributed by atoms with van der Waals surface area (Å²) in [7, 11) is -3.76. The molecule has 1 aliphatic heterocycles. The maximum Gasteiger partial charge on any atom is 0.223 e. The molecule has 1 aromatic carbocycles. The molecule has 2 unspecified atom stereocenters. The molecule has 0 radical (unpaired) electrons. The van der Waals surface area contributed by atoms with Crippen molar-refractivity contribution in [2.45, 2.75) is 32.2 Å². The number of benzene rings is 1. The second kappa shape index (κ2) is 9.04. The fraction of sp³-hybridized carbons (Fsp3) is 0.227. The first-order valence-electron chi connectivity index (χ1n) is 9.54. The van der Waals surface area contributed by atoms with Crippen molar-refractivity contribution in [3.8, 4) is 0 Å². The lowest BCUT2D eigenvalue weighted by Crippen LogP contribution is -2.36. The molecule has 0 saturated heterocycles. The zero-order chi connectivity index (χ0) is 21.7. The molecule has 1 aromatic heterocycles. The molecule has 1 aliphatic rings. The number of sulfone groups is 1. The van der Waals surface area contributed by atoms with Crippen LogP contribution in [0.4, 0.5) is 0 Å². The second-order valence-corrected chi connectivity index (χ2v) is 9.19. The Bertz CT molecular complexity index is 1110. The van der Waals surface area contributed by atoms with E-state index >= 15 is 0 Å². The van der Waals surface area contributed by atoms with Crippen LogP contribution in [-0.4, -0.2) is 30.4 Å². The second-order valence-electron chi connectivity index (χ2n) is 7.01. The number of hydrazone groups is 1. The Morgan fingerprint density at radius 2 is 1.77 bits per heavy atom. The van der Waals surface area contributed by atoms with Gasteiger partial charge in [0.1, 0.15) is 6.17 Å². The molecule has 2 N–H and O–H groups in total. The Labute approximate surface area is 177 Å². The molecule has 156 valence electrons. The number of aromatic nitrogens is 1. The first-order chi connectivity index (χ1) is 14.3. The number of nitrogens with one attached hydrogen (secondary N) is 2. The largest absolute Gasteiger partial charge is 0.335 e. The van der Waals surface area contributed by atoms with Crippen molar-refractivity contribution < 1.29 is 8.42 Å². The van der Waals surface area contributed by atoms with Gasteiger partial charge in [0.05, 0.1) is 11.0 Å². The van der Waals surface area contributed by atoms with Crippen LogP contribution in [0, 0.1) is 0 Å². The first-order valence-corrected chi connectivity index (χ1v) is 11.1. The molecule has 0 amide bonds. The van der Waals surface area contributed by atoms with Gasteiger partial charge in [0.25, 0.3) is 0 Å². The monoisotopic (exact) mass is 423 g/mol. The van der Waals surface area contributed by atoms with Crippen LogP contribution in [-0.2, 0) is 9.84 Å². The smallest absolute Gasteiger partial charge is 0.223 e. The summed E-state index contributed by atoms with van der Waals surface area (Å²) in [6, 6.07) is 12.7. The van der Waals surface area contributed by atoms with Gasteiger partial charge in [-0.15, -0.1) is 0 Å². The number of amidine groups is 1. The quantitative estimate of drug-likeness (QED) is 0.790. The zero-order valence-corrected chi connectivity index (χ0v) is 18.0. The fourth-order valence-electron chi connectivity index (χ4n) is 2.98. The van der Waals surface area contributed by atoms with Crippen LogP contribution in [0.15, 0.2) is 88.9 Å². The average molecular weight is 424 g/mol. The summed E-state index contributed by atoms with van der Waals surface area (Å²) in [6.45, 7) is 9.26. The molecular weight excluding hydrogens is 398 g/mol. The van der Waals surface area contributed by atoms with Crippen molar-refractivity contribution in [1.82, 2.24) is 15.7 Å². The Kier molecular flexibility index (Phi) is 6.47. The van der Waals surface area contributed by atoms with Crippen molar-refractivity contribution in [2.75, 3.05) is 0 Å². The molecular formula is C22H25N5O2S. The normalized spacial score (nSPS) is 20.6. The highest BCUT2D eigenvalue weighted by Gasteiger charge is 2.30. The van der Waals surface area contributed by atoms with Crippen LogP contribution in [0.2, 0.25) is 0 Å². The third kappa shape index (κ3) is 4.83. The highest BCUT2D eigenvalue weighted by Crippen LogP contribution is 2.23. The van der Waals surface area contributed by atoms with Crippen molar-refractivity contribution in [2.24, 2.45) is 10.1 Å². The minimum absolute atomic E-state index is 0.108. The van der Waals surface area contributed by atoms with Crippen LogP contribution in [0.3, 0.4) is 0 Å². The topological polar surface area (TPSA) is 95.8 Å². The van der Waals surface area contributed by atoms with E-state index in [-0.39, 0.29) is 5.17 Å². The molecule has 8 heteroatoms. The fourth-order valence-corrected chi connectivity index (χ4v) is 4.43. The molecule has 30 heavy (non-hydrogen) atoms. The van der Waals surface area contributed by atoms with E-state index < -0.39 is 21.3 Å². The highest BCUT2D eigenvalue weighted by molar-refractivity contribution is 8.06. The van der Waals surface area contributed by atoms with Gasteiger partial charge < -0.3 is 5.32 Å². The van der Waals surface area contributed by atoms with Crippen molar-refractivity contribution in [1.29, 1.82) is 0 Å². The summed E-state index contributed by atoms with van der Waals surface area (Å²) >= 11 is 0. The highest BCUT2D eigenvalue weighted by atomic mass is 32.2. The van der Waals surface area contributed by atoms with E-state index in [1.165, 1.54) is 0 Å². The molecule has 0 fully saturated rings. The summed E-state index contributed by atoms with van der Waals surface area (Å²) < 4.78 is 26.6. The molecule has 0 saturated carbocycles. The average Bonchev–Trinajstić information content (AvgIpc) is 2.73. The van der Waals surface area contributed by atoms with Gasteiger partial charge in [-0.2, -0.15) is 5.10 Å². The lowest BCUT2D eigenvalue weighted by molar-refractivity contribution is 0.585. The van der Waals surface area contributed by atoms with Crippen LogP contribution < -0.4 is 10.7 Å². The molecule has 2 atom stereocenters. The Morgan fingerprint density at radius 3 is 2.43 bits per heavy atom. The SMILES string of the molecule is C=C1/C=C(\C)NC(S(=O)(=O)C(C)c2ccccc2)=NC(C)NN=C1c1ccncc1. The van der Waals surface area contributed by atoms with Crippen molar-refractivity contribution in [3.05, 3.63) is 89.9 Å². The number of hydrogen-bond donors (Lipinski definition) is 2. The molecule has 0 bridgehead atoms. The van der Waals surface area contributed by atoms with Gasteiger partial charge in [-0.25, -0.2) is 13.4 Å². The molecule has 2 heterocycles. The van der Waals surface area contributed by atoms with Gasteiger partial charge in [-0.1, -0.05) is 36.9 Å². The van der Waals surface area contributed by atoms with Gasteiger partial charge in [0, 0.05) is 23.7 Å². The van der Waals surface area contributed by atoms with E-state index in [2.05, 4.69) is 32.4 Å². The number of rotatable bonds is 3. The minimum Gasteiger partial charge on any atom is -0.335 e. The minimum atomic E-state index is -3.76. The first kappa shape index (κ1) is 21.4. The summed E-state index contributed by atoms with van der Waals surface area (Å²) in [4.78, 5) is 8.40. The molecule has 2 aromatic rings. The maximum atomic E-state index is 13.3. The predicted molar refractivity (Wildman–Crippen MR) is 121 cm³/mol. The maximum absolute atomic E-state index is 13.3. The standard InChI is InChI=1S/C22H25N5O2S/c1-15-14-16(2)24-22(30(28,29)17(3)19-8-6-5-7-9-19)25-18(4)26-27-21(15)20-10-12-23-13-11-20/h5-14,17-18,26H,1H2,2-4H3,(H,24,25)/b16-14+,27-21?. The van der Waals surface area contributed by atoms with Crippen LogP contribution in [0.25, 0.3) is 0 Å². The Hall–Kier alpha value is -3.26. The molecule has 7 nitrogen and oxygen atoms in total. The third-order valence-electron chi connectivity index (χ3n) is 4.63. The van der Waals surface area contributed by atoms with E-state index in [9.17, 15) is 8.42 Å². The summed E-state index contributed by atoms with van der Waals surface area (Å²) in [6.07, 6.45) is 4.52. The number of pyridine rings is 1. The van der Waals surface area contributed by atoms with Gasteiger partial charge >= 0.3 is 0 Å². The van der Waals surface area contributed by atoms with E-state index in [1.54, 1.807) is 51.4 Å². The molecule has 0 aliphatic carbocycles. The summed E-state index contributed by atoms with van der Waals surface area (Å²) in [5.41, 5.74) is 6.30. The number of allylic oxidation sites excluding steroid dienone is 3. The van der Waals surface area contributed by atoms with Gasteiger partial charge in [0.15, 0.2) is 0 Å². The van der Waals surface area contributed by atoms with Crippen LogP contribution >= 0.6 is 0 Å². The summed E-state index contributed by atoms with van der Waals surface area (Å²) in [5.74, 6) is 0. The molecule has 0 spiro atoms. The number of nitrogens with zero attached hydrogens (tertiary/aromatic N) is 3. The van der Waals surface area contributed by atoms with Gasteiger partial charge in [0.2, 0.25) is 15.0 Å². The lowest BCUT2D eigenvalue weighted by atomic mass is 10.0. The third-order valence-corrected chi connectivity index (χ3v) is 6.58. The van der Waals surface area contributed by atoms with Crippen LogP contribution in [0.5, 0.6) is 0 Å². The van der Waals surface area contributed by atoms with Crippen molar-refractivity contribution >= 4 is 20.7 Å². The number of aliphatic imine (C=N–C) groups is 1. The van der Waals surface area contributed by atoms with E-state index in [0.29, 0.717) is 22.5 Å².